The van der Waals surface area contributed by atoms with Crippen LogP contribution in [0.2, 0.25) is 4.47 Å². The van der Waals surface area contributed by atoms with Gasteiger partial charge in [-0.25, -0.2) is 4.98 Å². The van der Waals surface area contributed by atoms with Crippen LogP contribution in [0, 0.1) is 0 Å². The fourth-order valence-electron chi connectivity index (χ4n) is 2.83. The zero-order valence-electron chi connectivity index (χ0n) is 15.1. The highest BCUT2D eigenvalue weighted by Crippen LogP contribution is 2.39. The topological polar surface area (TPSA) is 55.9 Å². The molecule has 0 unspecified atom stereocenters. The number of benzene rings is 1. The normalized spacial score (nSPS) is 14.3. The lowest BCUT2D eigenvalue weighted by molar-refractivity contribution is 0.122. The highest BCUT2D eigenvalue weighted by atomic mass is 35.5. The molecule has 1 fully saturated rings. The predicted octanol–water partition coefficient (Wildman–Crippen LogP) is 4.04. The third-order valence-corrected chi connectivity index (χ3v) is 5.11. The van der Waals surface area contributed by atoms with Gasteiger partial charge in [0.2, 0.25) is 0 Å². The van der Waals surface area contributed by atoms with E-state index in [0.717, 1.165) is 54.1 Å². The molecule has 0 aliphatic carbocycles. The zero-order chi connectivity index (χ0) is 18.4. The number of anilines is 2. The van der Waals surface area contributed by atoms with E-state index in [1.807, 2.05) is 19.9 Å². The molecule has 0 amide bonds. The average Bonchev–Trinajstić information content (AvgIpc) is 3.08. The fourth-order valence-corrected chi connectivity index (χ4v) is 3.75. The molecule has 0 spiro atoms. The molecule has 1 aliphatic rings. The van der Waals surface area contributed by atoms with Gasteiger partial charge < -0.3 is 24.4 Å². The molecule has 1 aromatic carbocycles. The highest BCUT2D eigenvalue weighted by molar-refractivity contribution is 7.15. The van der Waals surface area contributed by atoms with E-state index in [-0.39, 0.29) is 0 Å². The lowest BCUT2D eigenvalue weighted by Crippen LogP contribution is -2.36. The van der Waals surface area contributed by atoms with Crippen LogP contribution in [-0.2, 0) is 11.3 Å². The van der Waals surface area contributed by atoms with Crippen LogP contribution in [0.5, 0.6) is 11.5 Å². The minimum Gasteiger partial charge on any atom is -0.492 e. The molecule has 142 valence electrons. The van der Waals surface area contributed by atoms with Crippen LogP contribution in [0.3, 0.4) is 0 Å². The molecule has 8 heteroatoms. The van der Waals surface area contributed by atoms with Gasteiger partial charge in [0.1, 0.15) is 11.5 Å². The summed E-state index contributed by atoms with van der Waals surface area (Å²) >= 11 is 7.38. The Kier molecular flexibility index (Phi) is 6.82. The van der Waals surface area contributed by atoms with Crippen molar-refractivity contribution in [2.75, 3.05) is 49.7 Å². The number of hydrogen-bond donors (Lipinski definition) is 1. The predicted molar refractivity (Wildman–Crippen MR) is 106 cm³/mol. The van der Waals surface area contributed by atoms with Crippen molar-refractivity contribution in [2.45, 2.75) is 20.4 Å². The van der Waals surface area contributed by atoms with Gasteiger partial charge in [-0.3, -0.25) is 0 Å². The van der Waals surface area contributed by atoms with Crippen molar-refractivity contribution in [1.82, 2.24) is 4.98 Å². The smallest absolute Gasteiger partial charge is 0.183 e. The Labute approximate surface area is 163 Å². The van der Waals surface area contributed by atoms with Crippen molar-refractivity contribution in [3.63, 3.8) is 0 Å². The van der Waals surface area contributed by atoms with Gasteiger partial charge in [-0.15, -0.1) is 11.3 Å². The molecule has 1 aromatic heterocycles. The molecule has 0 saturated carbocycles. The van der Waals surface area contributed by atoms with E-state index in [9.17, 15) is 0 Å². The lowest BCUT2D eigenvalue weighted by atomic mass is 10.2. The molecule has 0 atom stereocenters. The minimum absolute atomic E-state index is 0.546. The standard InChI is InChI=1S/C18H24ClN3O3S/c1-3-24-16-10-15(22-5-7-23-8-6-22)17(25-4-2)9-14(16)20-11-13-12-21-18(19)26-13/h9-10,12,20H,3-8,11H2,1-2H3. The summed E-state index contributed by atoms with van der Waals surface area (Å²) in [6.07, 6.45) is 1.78. The van der Waals surface area contributed by atoms with E-state index in [0.29, 0.717) is 24.2 Å². The van der Waals surface area contributed by atoms with Gasteiger partial charge >= 0.3 is 0 Å². The van der Waals surface area contributed by atoms with E-state index >= 15 is 0 Å². The van der Waals surface area contributed by atoms with E-state index in [1.165, 1.54) is 11.3 Å². The number of nitrogens with one attached hydrogen (secondary N) is 1. The summed E-state index contributed by atoms with van der Waals surface area (Å²) in [4.78, 5) is 7.42. The first-order valence-corrected chi connectivity index (χ1v) is 10.0. The fraction of sp³-hybridized carbons (Fsp3) is 0.500. The molecular weight excluding hydrogens is 374 g/mol. The largest absolute Gasteiger partial charge is 0.492 e. The number of thiazole rings is 1. The quantitative estimate of drug-likeness (QED) is 0.725. The SMILES string of the molecule is CCOc1cc(N2CCOCC2)c(OCC)cc1NCc1cnc(Cl)s1. The third-order valence-electron chi connectivity index (χ3n) is 3.99. The third kappa shape index (κ3) is 4.72. The lowest BCUT2D eigenvalue weighted by Gasteiger charge is -2.31. The first kappa shape index (κ1) is 19.1. The molecule has 2 aromatic rings. The maximum Gasteiger partial charge on any atom is 0.183 e. The Morgan fingerprint density at radius 3 is 2.58 bits per heavy atom. The van der Waals surface area contributed by atoms with Crippen LogP contribution in [0.4, 0.5) is 11.4 Å². The van der Waals surface area contributed by atoms with Crippen molar-refractivity contribution >= 4 is 34.3 Å². The Hall–Kier alpha value is -1.70. The van der Waals surface area contributed by atoms with Gasteiger partial charge in [-0.2, -0.15) is 0 Å². The number of nitrogens with zero attached hydrogens (tertiary/aromatic N) is 2. The summed E-state index contributed by atoms with van der Waals surface area (Å²) in [6.45, 7) is 8.95. The Morgan fingerprint density at radius 2 is 1.92 bits per heavy atom. The summed E-state index contributed by atoms with van der Waals surface area (Å²) in [5, 5.41) is 3.42. The van der Waals surface area contributed by atoms with Gasteiger partial charge in [0.05, 0.1) is 44.3 Å². The maximum absolute atomic E-state index is 5.92. The summed E-state index contributed by atoms with van der Waals surface area (Å²) in [7, 11) is 0. The van der Waals surface area contributed by atoms with Gasteiger partial charge in [-0.1, -0.05) is 11.6 Å². The molecule has 0 bridgehead atoms. The second-order valence-corrected chi connectivity index (χ2v) is 7.41. The molecule has 1 saturated heterocycles. The first-order valence-electron chi connectivity index (χ1n) is 8.81. The van der Waals surface area contributed by atoms with Crippen molar-refractivity contribution in [3.8, 4) is 11.5 Å². The van der Waals surface area contributed by atoms with E-state index in [1.54, 1.807) is 6.20 Å². The average molecular weight is 398 g/mol. The number of morpholine rings is 1. The Balaban J connectivity index is 1.87. The van der Waals surface area contributed by atoms with Gasteiger partial charge in [0.15, 0.2) is 4.47 Å². The van der Waals surface area contributed by atoms with Crippen LogP contribution in [0.15, 0.2) is 18.3 Å². The second kappa shape index (κ2) is 9.30. The number of hydrogen-bond acceptors (Lipinski definition) is 7. The van der Waals surface area contributed by atoms with Crippen LogP contribution >= 0.6 is 22.9 Å². The number of halogens is 1. The van der Waals surface area contributed by atoms with Crippen molar-refractivity contribution < 1.29 is 14.2 Å². The van der Waals surface area contributed by atoms with Crippen LogP contribution in [0.1, 0.15) is 18.7 Å². The number of rotatable bonds is 8. The monoisotopic (exact) mass is 397 g/mol. The molecule has 3 rings (SSSR count). The molecule has 2 heterocycles. The van der Waals surface area contributed by atoms with E-state index in [2.05, 4.69) is 21.3 Å². The minimum atomic E-state index is 0.546. The summed E-state index contributed by atoms with van der Waals surface area (Å²) < 4.78 is 17.8. The van der Waals surface area contributed by atoms with Crippen molar-refractivity contribution in [3.05, 3.63) is 27.7 Å². The summed E-state index contributed by atoms with van der Waals surface area (Å²) in [5.74, 6) is 1.66. The maximum atomic E-state index is 5.92. The van der Waals surface area contributed by atoms with Gasteiger partial charge in [0.25, 0.3) is 0 Å². The molecule has 1 aliphatic heterocycles. The highest BCUT2D eigenvalue weighted by Gasteiger charge is 2.19. The summed E-state index contributed by atoms with van der Waals surface area (Å²) in [6, 6.07) is 4.07. The van der Waals surface area contributed by atoms with Gasteiger partial charge in [0, 0.05) is 36.3 Å². The number of ether oxygens (including phenoxy) is 3. The van der Waals surface area contributed by atoms with Crippen molar-refractivity contribution in [1.29, 1.82) is 0 Å². The van der Waals surface area contributed by atoms with Crippen LogP contribution in [0.25, 0.3) is 0 Å². The number of aromatic nitrogens is 1. The van der Waals surface area contributed by atoms with Gasteiger partial charge in [-0.05, 0) is 13.8 Å². The molecule has 6 nitrogen and oxygen atoms in total. The summed E-state index contributed by atoms with van der Waals surface area (Å²) in [5.41, 5.74) is 1.95. The van der Waals surface area contributed by atoms with Crippen LogP contribution in [-0.4, -0.2) is 44.5 Å². The first-order chi connectivity index (χ1) is 12.7. The van der Waals surface area contributed by atoms with Crippen molar-refractivity contribution in [2.24, 2.45) is 0 Å². The molecule has 26 heavy (non-hydrogen) atoms. The Morgan fingerprint density at radius 1 is 1.19 bits per heavy atom. The zero-order valence-corrected chi connectivity index (χ0v) is 16.7. The van der Waals surface area contributed by atoms with Crippen LogP contribution < -0.4 is 19.7 Å². The second-order valence-electron chi connectivity index (χ2n) is 5.71. The molecular formula is C18H24ClN3O3S. The van der Waals surface area contributed by atoms with E-state index < -0.39 is 0 Å². The Bertz CT molecular complexity index is 720. The molecule has 0 radical (unpaired) electrons. The molecule has 1 N–H and O–H groups in total. The van der Waals surface area contributed by atoms with E-state index in [4.69, 9.17) is 25.8 Å².